The average Bonchev–Trinajstić information content (AvgIpc) is 2.64. The largest absolute Gasteiger partial charge is 0.479 e. The van der Waals surface area contributed by atoms with Gasteiger partial charge in [-0.3, -0.25) is 0 Å². The van der Waals surface area contributed by atoms with E-state index in [2.05, 4.69) is 18.7 Å². The van der Waals surface area contributed by atoms with Crippen molar-refractivity contribution in [3.8, 4) is 0 Å². The average molecular weight is 241 g/mol. The van der Waals surface area contributed by atoms with Crippen molar-refractivity contribution < 1.29 is 14.6 Å². The zero-order chi connectivity index (χ0) is 12.5. The molecule has 2 atom stereocenters. The number of hydrogen-bond acceptors (Lipinski definition) is 3. The van der Waals surface area contributed by atoms with Gasteiger partial charge in [0.25, 0.3) is 0 Å². The van der Waals surface area contributed by atoms with Gasteiger partial charge in [0, 0.05) is 13.1 Å². The fourth-order valence-electron chi connectivity index (χ4n) is 3.01. The zero-order valence-electron chi connectivity index (χ0n) is 10.8. The molecule has 0 aliphatic carbocycles. The normalized spacial score (nSPS) is 33.8. The van der Waals surface area contributed by atoms with Gasteiger partial charge in [-0.2, -0.15) is 0 Å². The van der Waals surface area contributed by atoms with Crippen molar-refractivity contribution >= 4 is 5.97 Å². The van der Waals surface area contributed by atoms with Crippen molar-refractivity contribution in [2.75, 3.05) is 19.6 Å². The van der Waals surface area contributed by atoms with Gasteiger partial charge in [0.2, 0.25) is 0 Å². The van der Waals surface area contributed by atoms with E-state index in [4.69, 9.17) is 9.84 Å². The van der Waals surface area contributed by atoms with E-state index >= 15 is 0 Å². The van der Waals surface area contributed by atoms with E-state index in [-0.39, 0.29) is 6.10 Å². The number of nitrogens with zero attached hydrogens (tertiary/aromatic N) is 1. The number of carboxylic acid groups (broad SMARTS) is 1. The molecule has 0 aromatic carbocycles. The first-order valence-electron chi connectivity index (χ1n) is 6.57. The molecule has 2 aliphatic heterocycles. The van der Waals surface area contributed by atoms with Crippen LogP contribution in [0.5, 0.6) is 0 Å². The highest BCUT2D eigenvalue weighted by Gasteiger charge is 2.33. The van der Waals surface area contributed by atoms with Crippen LogP contribution in [0.1, 0.15) is 39.5 Å². The zero-order valence-corrected chi connectivity index (χ0v) is 10.8. The molecule has 2 heterocycles. The Balaban J connectivity index is 1.80. The molecule has 2 fully saturated rings. The second-order valence-electron chi connectivity index (χ2n) is 6.17. The van der Waals surface area contributed by atoms with E-state index in [0.717, 1.165) is 26.1 Å². The van der Waals surface area contributed by atoms with E-state index in [1.165, 1.54) is 12.8 Å². The third kappa shape index (κ3) is 3.42. The predicted molar refractivity (Wildman–Crippen MR) is 65.0 cm³/mol. The van der Waals surface area contributed by atoms with Crippen LogP contribution in [0, 0.1) is 5.41 Å². The van der Waals surface area contributed by atoms with Crippen molar-refractivity contribution in [2.24, 2.45) is 5.41 Å². The summed E-state index contributed by atoms with van der Waals surface area (Å²) >= 11 is 0. The van der Waals surface area contributed by atoms with Crippen LogP contribution in [-0.4, -0.2) is 47.8 Å². The molecule has 2 aliphatic rings. The molecule has 0 saturated carbocycles. The molecule has 0 aromatic rings. The van der Waals surface area contributed by atoms with Crippen LogP contribution >= 0.6 is 0 Å². The van der Waals surface area contributed by atoms with Gasteiger partial charge in [-0.25, -0.2) is 4.79 Å². The molecular formula is C13H23NO3. The molecule has 0 radical (unpaired) electrons. The Morgan fingerprint density at radius 3 is 2.82 bits per heavy atom. The molecule has 2 saturated heterocycles. The molecule has 0 bridgehead atoms. The topological polar surface area (TPSA) is 49.8 Å². The van der Waals surface area contributed by atoms with Crippen LogP contribution in [0.25, 0.3) is 0 Å². The number of ether oxygens (including phenoxy) is 1. The van der Waals surface area contributed by atoms with Crippen molar-refractivity contribution in [1.82, 2.24) is 4.90 Å². The molecule has 0 spiro atoms. The van der Waals surface area contributed by atoms with Crippen LogP contribution < -0.4 is 0 Å². The predicted octanol–water partition coefficient (Wildman–Crippen LogP) is 1.74. The first-order chi connectivity index (χ1) is 7.96. The summed E-state index contributed by atoms with van der Waals surface area (Å²) in [5.74, 6) is -0.813. The maximum atomic E-state index is 10.8. The Kier molecular flexibility index (Phi) is 3.73. The van der Waals surface area contributed by atoms with E-state index in [0.29, 0.717) is 11.8 Å². The van der Waals surface area contributed by atoms with Gasteiger partial charge in [-0.1, -0.05) is 13.8 Å². The number of piperidine rings is 1. The minimum absolute atomic E-state index is 0.116. The SMILES string of the molecule is CC1(C)CCCN(CC2CCC(C(=O)O)O2)C1. The Hall–Kier alpha value is -0.610. The molecule has 0 amide bonds. The summed E-state index contributed by atoms with van der Waals surface area (Å²) in [4.78, 5) is 13.2. The Labute approximate surface area is 103 Å². The summed E-state index contributed by atoms with van der Waals surface area (Å²) in [6, 6.07) is 0. The summed E-state index contributed by atoms with van der Waals surface area (Å²) in [5, 5.41) is 8.88. The van der Waals surface area contributed by atoms with Crippen molar-refractivity contribution in [2.45, 2.75) is 51.7 Å². The minimum Gasteiger partial charge on any atom is -0.479 e. The Morgan fingerprint density at radius 2 is 2.24 bits per heavy atom. The first kappa shape index (κ1) is 12.8. The van der Waals surface area contributed by atoms with Crippen LogP contribution in [-0.2, 0) is 9.53 Å². The van der Waals surface area contributed by atoms with Gasteiger partial charge in [-0.15, -0.1) is 0 Å². The number of carbonyl (C=O) groups is 1. The summed E-state index contributed by atoms with van der Waals surface area (Å²) < 4.78 is 5.55. The van der Waals surface area contributed by atoms with Crippen molar-refractivity contribution in [3.05, 3.63) is 0 Å². The van der Waals surface area contributed by atoms with E-state index in [1.54, 1.807) is 0 Å². The number of rotatable bonds is 3. The summed E-state index contributed by atoms with van der Waals surface area (Å²) in [5.41, 5.74) is 0.392. The highest BCUT2D eigenvalue weighted by Crippen LogP contribution is 2.29. The number of aliphatic carboxylic acids is 1. The van der Waals surface area contributed by atoms with Crippen LogP contribution in [0.15, 0.2) is 0 Å². The molecule has 4 heteroatoms. The van der Waals surface area contributed by atoms with Crippen molar-refractivity contribution in [1.29, 1.82) is 0 Å². The number of hydrogen-bond donors (Lipinski definition) is 1. The molecular weight excluding hydrogens is 218 g/mol. The summed E-state index contributed by atoms with van der Waals surface area (Å²) in [6.07, 6.45) is 3.61. The Morgan fingerprint density at radius 1 is 1.47 bits per heavy atom. The molecule has 1 N–H and O–H groups in total. The third-order valence-corrected chi connectivity index (χ3v) is 3.82. The standard InChI is InChI=1S/C13H23NO3/c1-13(2)6-3-7-14(9-13)8-10-4-5-11(17-10)12(15)16/h10-11H,3-9H2,1-2H3,(H,15,16). The monoisotopic (exact) mass is 241 g/mol. The lowest BCUT2D eigenvalue weighted by Crippen LogP contribution is -2.43. The second-order valence-corrected chi connectivity index (χ2v) is 6.17. The van der Waals surface area contributed by atoms with Gasteiger partial charge in [-0.05, 0) is 37.6 Å². The summed E-state index contributed by atoms with van der Waals surface area (Å²) in [7, 11) is 0. The second kappa shape index (κ2) is 4.94. The molecule has 2 rings (SSSR count). The van der Waals surface area contributed by atoms with E-state index < -0.39 is 12.1 Å². The smallest absolute Gasteiger partial charge is 0.332 e. The quantitative estimate of drug-likeness (QED) is 0.817. The fraction of sp³-hybridized carbons (Fsp3) is 0.923. The van der Waals surface area contributed by atoms with Gasteiger partial charge in [0.15, 0.2) is 6.10 Å². The number of likely N-dealkylation sites (tertiary alicyclic amines) is 1. The molecule has 17 heavy (non-hydrogen) atoms. The first-order valence-corrected chi connectivity index (χ1v) is 6.57. The lowest BCUT2D eigenvalue weighted by Gasteiger charge is -2.39. The van der Waals surface area contributed by atoms with Gasteiger partial charge < -0.3 is 14.7 Å². The minimum atomic E-state index is -0.813. The van der Waals surface area contributed by atoms with Gasteiger partial charge >= 0.3 is 5.97 Å². The third-order valence-electron chi connectivity index (χ3n) is 3.82. The van der Waals surface area contributed by atoms with Crippen molar-refractivity contribution in [3.63, 3.8) is 0 Å². The van der Waals surface area contributed by atoms with Crippen LogP contribution in [0.2, 0.25) is 0 Å². The highest BCUT2D eigenvalue weighted by atomic mass is 16.5. The van der Waals surface area contributed by atoms with E-state index in [1.807, 2.05) is 0 Å². The van der Waals surface area contributed by atoms with E-state index in [9.17, 15) is 4.79 Å². The number of carboxylic acids is 1. The van der Waals surface area contributed by atoms with Crippen LogP contribution in [0.3, 0.4) is 0 Å². The maximum absolute atomic E-state index is 10.8. The lowest BCUT2D eigenvalue weighted by molar-refractivity contribution is -0.149. The van der Waals surface area contributed by atoms with Crippen LogP contribution in [0.4, 0.5) is 0 Å². The molecule has 0 aromatic heterocycles. The maximum Gasteiger partial charge on any atom is 0.332 e. The fourth-order valence-corrected chi connectivity index (χ4v) is 3.01. The Bertz CT molecular complexity index is 290. The lowest BCUT2D eigenvalue weighted by atomic mass is 9.84. The molecule has 2 unspecified atom stereocenters. The molecule has 98 valence electrons. The van der Waals surface area contributed by atoms with Gasteiger partial charge in [0.1, 0.15) is 0 Å². The highest BCUT2D eigenvalue weighted by molar-refractivity contribution is 5.72. The molecule has 4 nitrogen and oxygen atoms in total. The summed E-state index contributed by atoms with van der Waals surface area (Å²) in [6.45, 7) is 7.72. The van der Waals surface area contributed by atoms with Gasteiger partial charge in [0.05, 0.1) is 6.10 Å².